The number of carboxylic acid groups (broad SMARTS) is 1. The monoisotopic (exact) mass is 381 g/mol. The molecule has 0 aromatic heterocycles. The predicted octanol–water partition coefficient (Wildman–Crippen LogP) is 2.14. The van der Waals surface area contributed by atoms with Crippen LogP contribution in [-0.4, -0.2) is 52.8 Å². The zero-order chi connectivity index (χ0) is 19.7. The Balaban J connectivity index is 1.52. The summed E-state index contributed by atoms with van der Waals surface area (Å²) in [7, 11) is 0. The number of amides is 1. The van der Waals surface area contributed by atoms with Gasteiger partial charge in [-0.3, -0.25) is 9.59 Å². The van der Waals surface area contributed by atoms with E-state index in [9.17, 15) is 19.8 Å². The molecule has 4 rings (SSSR count). The third-order valence-electron chi connectivity index (χ3n) is 5.87. The van der Waals surface area contributed by atoms with E-state index in [1.165, 1.54) is 0 Å². The number of hydrogen-bond acceptors (Lipinski definition) is 4. The first-order chi connectivity index (χ1) is 13.5. The van der Waals surface area contributed by atoms with Crippen molar-refractivity contribution in [1.29, 1.82) is 0 Å². The Labute approximate surface area is 163 Å². The molecule has 2 aliphatic heterocycles. The number of hydrogen-bond donors (Lipinski definition) is 2. The molecule has 1 saturated heterocycles. The van der Waals surface area contributed by atoms with E-state index in [4.69, 9.17) is 4.74 Å². The van der Waals surface area contributed by atoms with Crippen molar-refractivity contribution in [3.05, 3.63) is 65.2 Å². The zero-order valence-electron chi connectivity index (χ0n) is 15.5. The number of ether oxygens (including phenoxy) is 1. The molecule has 2 aliphatic rings. The van der Waals surface area contributed by atoms with Gasteiger partial charge in [-0.1, -0.05) is 30.3 Å². The highest BCUT2D eigenvalue weighted by molar-refractivity contribution is 5.95. The van der Waals surface area contributed by atoms with Gasteiger partial charge in [-0.05, 0) is 42.2 Å². The Kier molecular flexibility index (Phi) is 4.81. The van der Waals surface area contributed by atoms with Crippen LogP contribution in [0.3, 0.4) is 0 Å². The molecular formula is C22H23NO5. The fourth-order valence-electron chi connectivity index (χ4n) is 4.15. The number of likely N-dealkylation sites (tertiary alicyclic amines) is 1. The van der Waals surface area contributed by atoms with Crippen molar-refractivity contribution in [3.63, 3.8) is 0 Å². The topological polar surface area (TPSA) is 87.1 Å². The number of carbonyl (C=O) groups excluding carboxylic acids is 1. The van der Waals surface area contributed by atoms with Crippen LogP contribution in [0.4, 0.5) is 0 Å². The van der Waals surface area contributed by atoms with E-state index in [-0.39, 0.29) is 25.3 Å². The van der Waals surface area contributed by atoms with Gasteiger partial charge in [0, 0.05) is 25.1 Å². The average Bonchev–Trinajstić information content (AvgIpc) is 3.17. The van der Waals surface area contributed by atoms with Crippen molar-refractivity contribution in [2.45, 2.75) is 25.4 Å². The Morgan fingerprint density at radius 1 is 1.18 bits per heavy atom. The van der Waals surface area contributed by atoms with E-state index < -0.39 is 17.5 Å². The van der Waals surface area contributed by atoms with Crippen LogP contribution in [-0.2, 0) is 17.6 Å². The zero-order valence-corrected chi connectivity index (χ0v) is 15.5. The van der Waals surface area contributed by atoms with Crippen molar-refractivity contribution in [3.8, 4) is 5.75 Å². The molecule has 0 saturated carbocycles. The normalized spacial score (nSPS) is 23.8. The van der Waals surface area contributed by atoms with Gasteiger partial charge in [-0.25, -0.2) is 0 Å². The molecule has 2 N–H and O–H groups in total. The molecule has 0 bridgehead atoms. The fraction of sp³-hybridized carbons (Fsp3) is 0.364. The van der Waals surface area contributed by atoms with Crippen LogP contribution >= 0.6 is 0 Å². The molecule has 0 radical (unpaired) electrons. The highest BCUT2D eigenvalue weighted by atomic mass is 16.5. The number of aliphatic carboxylic acids is 1. The third kappa shape index (κ3) is 3.24. The lowest BCUT2D eigenvalue weighted by atomic mass is 9.71. The Bertz CT molecular complexity index is 897. The molecule has 2 atom stereocenters. The molecule has 0 aliphatic carbocycles. The van der Waals surface area contributed by atoms with Crippen LogP contribution in [0.2, 0.25) is 0 Å². The standard InChI is InChI=1S/C22H23NO5/c24-19-14-23(20(25)17-6-7-18-16(12-17)8-11-28-18)10-9-22(19,21(26)27)13-15-4-2-1-3-5-15/h1-7,12,19,24H,8-11,13-14H2,(H,26,27)/t19-,22-/m1/s1. The summed E-state index contributed by atoms with van der Waals surface area (Å²) in [6, 6.07) is 14.7. The summed E-state index contributed by atoms with van der Waals surface area (Å²) in [6.45, 7) is 0.921. The number of benzene rings is 2. The van der Waals surface area contributed by atoms with Crippen molar-refractivity contribution < 1.29 is 24.5 Å². The molecule has 2 aromatic carbocycles. The first-order valence-electron chi connectivity index (χ1n) is 9.50. The van der Waals surface area contributed by atoms with Gasteiger partial charge >= 0.3 is 5.97 Å². The molecule has 1 amide bonds. The number of carbonyl (C=O) groups is 2. The van der Waals surface area contributed by atoms with Gasteiger partial charge in [0.2, 0.25) is 0 Å². The Morgan fingerprint density at radius 2 is 1.96 bits per heavy atom. The number of aliphatic hydroxyl groups excluding tert-OH is 1. The van der Waals surface area contributed by atoms with Gasteiger partial charge in [-0.2, -0.15) is 0 Å². The molecule has 2 heterocycles. The second-order valence-corrected chi connectivity index (χ2v) is 7.56. The van der Waals surface area contributed by atoms with E-state index in [1.54, 1.807) is 17.0 Å². The first kappa shape index (κ1) is 18.5. The molecule has 0 spiro atoms. The van der Waals surface area contributed by atoms with Gasteiger partial charge in [0.1, 0.15) is 11.2 Å². The summed E-state index contributed by atoms with van der Waals surface area (Å²) in [4.78, 5) is 26.5. The quantitative estimate of drug-likeness (QED) is 0.847. The van der Waals surface area contributed by atoms with Crippen molar-refractivity contribution in [2.75, 3.05) is 19.7 Å². The number of nitrogens with zero attached hydrogens (tertiary/aromatic N) is 1. The van der Waals surface area contributed by atoms with Crippen molar-refractivity contribution in [1.82, 2.24) is 4.90 Å². The maximum atomic E-state index is 12.9. The number of β-amino-alcohol motifs (C(OH)–C–C–N with tert-alkyl or cyclic N) is 1. The number of fused-ring (bicyclic) bond motifs is 1. The van der Waals surface area contributed by atoms with Crippen molar-refractivity contribution >= 4 is 11.9 Å². The lowest BCUT2D eigenvalue weighted by Gasteiger charge is -2.43. The van der Waals surface area contributed by atoms with Gasteiger partial charge in [0.15, 0.2) is 0 Å². The molecule has 146 valence electrons. The third-order valence-corrected chi connectivity index (χ3v) is 5.87. The summed E-state index contributed by atoms with van der Waals surface area (Å²) in [5.74, 6) is -0.402. The largest absolute Gasteiger partial charge is 0.493 e. The van der Waals surface area contributed by atoms with E-state index in [1.807, 2.05) is 36.4 Å². The summed E-state index contributed by atoms with van der Waals surface area (Å²) < 4.78 is 5.48. The summed E-state index contributed by atoms with van der Waals surface area (Å²) >= 11 is 0. The van der Waals surface area contributed by atoms with Crippen LogP contribution in [0.5, 0.6) is 5.75 Å². The molecule has 0 unspecified atom stereocenters. The highest BCUT2D eigenvalue weighted by Crippen LogP contribution is 2.37. The summed E-state index contributed by atoms with van der Waals surface area (Å²) in [5.41, 5.74) is 1.13. The number of aliphatic hydroxyl groups is 1. The molecule has 6 nitrogen and oxygen atoms in total. The smallest absolute Gasteiger partial charge is 0.312 e. The van der Waals surface area contributed by atoms with Crippen LogP contribution in [0.25, 0.3) is 0 Å². The van der Waals surface area contributed by atoms with Crippen LogP contribution < -0.4 is 4.74 Å². The van der Waals surface area contributed by atoms with Gasteiger partial charge in [0.05, 0.1) is 12.7 Å². The molecule has 28 heavy (non-hydrogen) atoms. The second kappa shape index (κ2) is 7.28. The van der Waals surface area contributed by atoms with Crippen LogP contribution in [0.1, 0.15) is 27.9 Å². The second-order valence-electron chi connectivity index (χ2n) is 7.56. The number of rotatable bonds is 4. The lowest BCUT2D eigenvalue weighted by Crippen LogP contribution is -2.57. The van der Waals surface area contributed by atoms with Crippen LogP contribution in [0, 0.1) is 5.41 Å². The molecule has 1 fully saturated rings. The van der Waals surface area contributed by atoms with Gasteiger partial charge < -0.3 is 19.8 Å². The molecular weight excluding hydrogens is 358 g/mol. The van der Waals surface area contributed by atoms with E-state index in [0.29, 0.717) is 18.7 Å². The fourth-order valence-corrected chi connectivity index (χ4v) is 4.15. The van der Waals surface area contributed by atoms with E-state index >= 15 is 0 Å². The minimum atomic E-state index is -1.29. The summed E-state index contributed by atoms with van der Waals surface area (Å²) in [5, 5.41) is 20.7. The Morgan fingerprint density at radius 3 is 2.68 bits per heavy atom. The van der Waals surface area contributed by atoms with E-state index in [0.717, 1.165) is 23.3 Å². The van der Waals surface area contributed by atoms with Gasteiger partial charge in [-0.15, -0.1) is 0 Å². The van der Waals surface area contributed by atoms with Crippen molar-refractivity contribution in [2.24, 2.45) is 5.41 Å². The Hall–Kier alpha value is -2.86. The molecule has 2 aromatic rings. The maximum absolute atomic E-state index is 12.9. The lowest BCUT2D eigenvalue weighted by molar-refractivity contribution is -0.161. The predicted molar refractivity (Wildman–Crippen MR) is 102 cm³/mol. The number of carboxylic acids is 1. The SMILES string of the molecule is O=C(c1ccc2c(c1)CCO2)N1CC[C@](Cc2ccccc2)(C(=O)O)[C@H](O)C1. The first-order valence-corrected chi connectivity index (χ1v) is 9.50. The van der Waals surface area contributed by atoms with Gasteiger partial charge in [0.25, 0.3) is 5.91 Å². The van der Waals surface area contributed by atoms with Crippen LogP contribution in [0.15, 0.2) is 48.5 Å². The minimum Gasteiger partial charge on any atom is -0.493 e. The summed E-state index contributed by atoms with van der Waals surface area (Å²) in [6.07, 6.45) is 0.0830. The minimum absolute atomic E-state index is 0.00551. The maximum Gasteiger partial charge on any atom is 0.312 e. The average molecular weight is 381 g/mol. The molecule has 6 heteroatoms. The number of piperidine rings is 1. The highest BCUT2D eigenvalue weighted by Gasteiger charge is 2.49. The van der Waals surface area contributed by atoms with E-state index in [2.05, 4.69) is 0 Å².